The summed E-state index contributed by atoms with van der Waals surface area (Å²) in [5.74, 6) is 0. The minimum Gasteiger partial charge on any atom is -0.0654 e. The first-order valence-electron chi connectivity index (χ1n) is 3.82. The van der Waals surface area contributed by atoms with E-state index in [1.807, 2.05) is 0 Å². The highest BCUT2D eigenvalue weighted by Gasteiger charge is 2.14. The molecule has 0 saturated heterocycles. The van der Waals surface area contributed by atoms with Gasteiger partial charge in [-0.1, -0.05) is 33.6 Å². The lowest BCUT2D eigenvalue weighted by atomic mass is 9.84. The average Bonchev–Trinajstić information content (AvgIpc) is 1.64. The summed E-state index contributed by atoms with van der Waals surface area (Å²) in [6.07, 6.45) is 5.87. The van der Waals surface area contributed by atoms with Gasteiger partial charge in [-0.3, -0.25) is 0 Å². The molecule has 0 aromatic rings. The van der Waals surface area contributed by atoms with Crippen molar-refractivity contribution in [2.24, 2.45) is 5.41 Å². The molecule has 2 radical (unpaired) electrons. The summed E-state index contributed by atoms with van der Waals surface area (Å²) in [5, 5.41) is 0. The summed E-state index contributed by atoms with van der Waals surface area (Å²) in [6, 6.07) is 0. The third-order valence-corrected chi connectivity index (χ3v) is 1.52. The molecule has 1 unspecified atom stereocenters. The van der Waals surface area contributed by atoms with Gasteiger partial charge in [0.05, 0.1) is 0 Å². The fourth-order valence-corrected chi connectivity index (χ4v) is 1.17. The van der Waals surface area contributed by atoms with Crippen molar-refractivity contribution in [1.29, 1.82) is 0 Å². The van der Waals surface area contributed by atoms with Crippen LogP contribution in [0.15, 0.2) is 0 Å². The van der Waals surface area contributed by atoms with Gasteiger partial charge in [-0.15, -0.1) is 0 Å². The molecular formula is C9H18. The summed E-state index contributed by atoms with van der Waals surface area (Å²) in [6.45, 7) is 10.7. The Balaban J connectivity index is 3.43. The Morgan fingerprint density at radius 3 is 2.33 bits per heavy atom. The third-order valence-electron chi connectivity index (χ3n) is 1.52. The van der Waals surface area contributed by atoms with Crippen molar-refractivity contribution in [1.82, 2.24) is 0 Å². The fraction of sp³-hybridized carbons (Fsp3) is 0.778. The number of hydrogen-bond donors (Lipinski definition) is 0. The summed E-state index contributed by atoms with van der Waals surface area (Å²) in [5.41, 5.74) is 0.226. The molecule has 0 bridgehead atoms. The molecule has 0 rings (SSSR count). The van der Waals surface area contributed by atoms with E-state index >= 15 is 0 Å². The molecule has 0 heterocycles. The van der Waals surface area contributed by atoms with Crippen molar-refractivity contribution in [3.63, 3.8) is 0 Å². The van der Waals surface area contributed by atoms with Crippen LogP contribution in [0, 0.1) is 18.8 Å². The van der Waals surface area contributed by atoms with Gasteiger partial charge in [0.15, 0.2) is 0 Å². The van der Waals surface area contributed by atoms with Crippen LogP contribution in [0.2, 0.25) is 0 Å². The summed E-state index contributed by atoms with van der Waals surface area (Å²) in [4.78, 5) is 0. The molecule has 0 N–H and O–H groups in total. The Labute approximate surface area is 59.7 Å². The minimum atomic E-state index is 0.226. The van der Waals surface area contributed by atoms with E-state index in [1.165, 1.54) is 12.8 Å². The fourth-order valence-electron chi connectivity index (χ4n) is 1.17. The maximum Gasteiger partial charge on any atom is -0.0295 e. The molecule has 0 aromatic carbocycles. The maximum absolute atomic E-state index is 4.09. The Morgan fingerprint density at radius 2 is 2.00 bits per heavy atom. The van der Waals surface area contributed by atoms with Crippen LogP contribution in [0.25, 0.3) is 0 Å². The smallest absolute Gasteiger partial charge is 0.0295 e. The molecule has 0 fully saturated rings. The highest BCUT2D eigenvalue weighted by atomic mass is 14.2. The van der Waals surface area contributed by atoms with Gasteiger partial charge in [-0.25, -0.2) is 0 Å². The lowest BCUT2D eigenvalue weighted by Crippen LogP contribution is -2.10. The first-order chi connectivity index (χ1) is 4.12. The van der Waals surface area contributed by atoms with Crippen LogP contribution in [0.4, 0.5) is 0 Å². The topological polar surface area (TPSA) is 0 Å². The van der Waals surface area contributed by atoms with Gasteiger partial charge >= 0.3 is 0 Å². The van der Waals surface area contributed by atoms with Gasteiger partial charge in [-0.05, 0) is 25.2 Å². The Bertz CT molecular complexity index is 54.4. The quantitative estimate of drug-likeness (QED) is 0.542. The molecule has 0 aromatic heterocycles. The molecule has 1 atom stereocenters. The molecule has 0 heteroatoms. The van der Waals surface area contributed by atoms with E-state index in [9.17, 15) is 0 Å². The van der Waals surface area contributed by atoms with Crippen molar-refractivity contribution in [3.8, 4) is 0 Å². The van der Waals surface area contributed by atoms with Gasteiger partial charge < -0.3 is 0 Å². The van der Waals surface area contributed by atoms with E-state index in [1.54, 1.807) is 0 Å². The van der Waals surface area contributed by atoms with Gasteiger partial charge in [-0.2, -0.15) is 0 Å². The molecule has 0 aliphatic rings. The summed E-state index contributed by atoms with van der Waals surface area (Å²) < 4.78 is 0. The largest absolute Gasteiger partial charge is 0.0654 e. The summed E-state index contributed by atoms with van der Waals surface area (Å²) >= 11 is 0. The van der Waals surface area contributed by atoms with Crippen LogP contribution < -0.4 is 0 Å². The lowest BCUT2D eigenvalue weighted by Gasteiger charge is -2.21. The lowest BCUT2D eigenvalue weighted by molar-refractivity contribution is 0.438. The van der Waals surface area contributed by atoms with E-state index in [-0.39, 0.29) is 5.41 Å². The second-order valence-electron chi connectivity index (χ2n) is 3.02. The van der Waals surface area contributed by atoms with Crippen molar-refractivity contribution < 1.29 is 0 Å². The third kappa shape index (κ3) is 4.50. The molecule has 0 saturated carbocycles. The zero-order valence-electron chi connectivity index (χ0n) is 6.91. The number of rotatable bonds is 4. The predicted octanol–water partition coefficient (Wildman–Crippen LogP) is 3.24. The van der Waals surface area contributed by atoms with Crippen molar-refractivity contribution in [2.45, 2.75) is 40.0 Å². The van der Waals surface area contributed by atoms with Crippen LogP contribution in [0.5, 0.6) is 0 Å². The highest BCUT2D eigenvalue weighted by Crippen LogP contribution is 2.25. The summed E-state index contributed by atoms with van der Waals surface area (Å²) in [7, 11) is 0. The monoisotopic (exact) mass is 126 g/mol. The van der Waals surface area contributed by atoms with E-state index in [0.29, 0.717) is 0 Å². The Morgan fingerprint density at radius 1 is 1.44 bits per heavy atom. The average molecular weight is 126 g/mol. The van der Waals surface area contributed by atoms with Gasteiger partial charge in [0.2, 0.25) is 0 Å². The molecule has 9 heavy (non-hydrogen) atoms. The molecule has 0 spiro atoms. The van der Waals surface area contributed by atoms with Gasteiger partial charge in [0.1, 0.15) is 0 Å². The minimum absolute atomic E-state index is 0.226. The molecule has 0 amide bonds. The SMILES string of the molecule is [CH2]C(C)([CH]CC)CCC. The predicted molar refractivity (Wildman–Crippen MR) is 43.0 cm³/mol. The van der Waals surface area contributed by atoms with Crippen molar-refractivity contribution >= 4 is 0 Å². The zero-order chi connectivity index (χ0) is 7.33. The molecular weight excluding hydrogens is 108 g/mol. The first kappa shape index (κ1) is 9.00. The molecule has 0 aliphatic carbocycles. The van der Waals surface area contributed by atoms with Crippen LogP contribution >= 0.6 is 0 Å². The van der Waals surface area contributed by atoms with Gasteiger partial charge in [0.25, 0.3) is 0 Å². The van der Waals surface area contributed by atoms with Gasteiger partial charge in [0, 0.05) is 0 Å². The molecule has 0 aliphatic heterocycles. The van der Waals surface area contributed by atoms with Crippen LogP contribution in [0.3, 0.4) is 0 Å². The number of hydrogen-bond acceptors (Lipinski definition) is 0. The normalized spacial score (nSPS) is 12.0. The Hall–Kier alpha value is 0. The van der Waals surface area contributed by atoms with Crippen molar-refractivity contribution in [2.75, 3.05) is 0 Å². The first-order valence-corrected chi connectivity index (χ1v) is 3.82. The van der Waals surface area contributed by atoms with E-state index in [2.05, 4.69) is 34.1 Å². The molecule has 0 nitrogen and oxygen atoms in total. The maximum atomic E-state index is 4.09. The second-order valence-corrected chi connectivity index (χ2v) is 3.02. The van der Waals surface area contributed by atoms with E-state index in [4.69, 9.17) is 0 Å². The second kappa shape index (κ2) is 3.92. The van der Waals surface area contributed by atoms with E-state index < -0.39 is 0 Å². The molecule has 54 valence electrons. The van der Waals surface area contributed by atoms with E-state index in [0.717, 1.165) is 6.42 Å². The zero-order valence-corrected chi connectivity index (χ0v) is 6.91. The van der Waals surface area contributed by atoms with Crippen LogP contribution in [-0.2, 0) is 0 Å². The highest BCUT2D eigenvalue weighted by molar-refractivity contribution is 4.89. The van der Waals surface area contributed by atoms with Crippen molar-refractivity contribution in [3.05, 3.63) is 13.3 Å². The van der Waals surface area contributed by atoms with Crippen LogP contribution in [0.1, 0.15) is 40.0 Å². The van der Waals surface area contributed by atoms with Crippen LogP contribution in [-0.4, -0.2) is 0 Å². The Kier molecular flexibility index (Phi) is 3.92. The standard InChI is InChI=1S/C9H18/c1-5-7-9(3,4)8-6-2/h7H,3,5-6,8H2,1-2,4H3.